The molecule has 0 aliphatic carbocycles. The molecule has 0 radical (unpaired) electrons. The third-order valence-electron chi connectivity index (χ3n) is 1.53. The number of allylic oxidation sites excluding steroid dienone is 1. The monoisotopic (exact) mass is 167 g/mol. The Morgan fingerprint density at radius 1 is 1.83 bits per heavy atom. The third kappa shape index (κ3) is 2.27. The Kier molecular flexibility index (Phi) is 2.69. The van der Waals surface area contributed by atoms with Gasteiger partial charge < -0.3 is 9.52 Å². The topological polar surface area (TPSA) is 50.4 Å². The second-order valence-corrected chi connectivity index (χ2v) is 2.48. The lowest BCUT2D eigenvalue weighted by Gasteiger charge is -1.91. The van der Waals surface area contributed by atoms with Gasteiger partial charge >= 0.3 is 7.40 Å². The molecule has 0 saturated carbocycles. The Morgan fingerprint density at radius 3 is 3.08 bits per heavy atom. The van der Waals surface area contributed by atoms with Crippen LogP contribution in [0.25, 0.3) is 0 Å². The SMILES string of the molecule is CC(=CCc1ccco1)C(=O)O.[H+]. The molecule has 0 aliphatic heterocycles. The highest BCUT2D eigenvalue weighted by atomic mass is 16.4. The maximum atomic E-state index is 10.4. The van der Waals surface area contributed by atoms with E-state index in [4.69, 9.17) is 9.52 Å². The van der Waals surface area contributed by atoms with Crippen molar-refractivity contribution in [1.82, 2.24) is 0 Å². The van der Waals surface area contributed by atoms with E-state index in [2.05, 4.69) is 0 Å². The van der Waals surface area contributed by atoms with Gasteiger partial charge in [-0.3, -0.25) is 0 Å². The lowest BCUT2D eigenvalue weighted by atomic mass is 10.2. The van der Waals surface area contributed by atoms with Crippen LogP contribution in [0.1, 0.15) is 14.1 Å². The number of furan rings is 1. The summed E-state index contributed by atoms with van der Waals surface area (Å²) in [6, 6.07) is 3.59. The minimum Gasteiger partial charge on any atom is -0.478 e. The molecule has 1 heterocycles. The van der Waals surface area contributed by atoms with E-state index in [1.54, 1.807) is 25.3 Å². The number of carboxylic acids is 1. The zero-order valence-corrected chi connectivity index (χ0v) is 6.78. The number of hydrogen-bond acceptors (Lipinski definition) is 2. The van der Waals surface area contributed by atoms with Crippen molar-refractivity contribution in [3.05, 3.63) is 35.8 Å². The maximum absolute atomic E-state index is 10.4. The molecule has 1 aromatic heterocycles. The summed E-state index contributed by atoms with van der Waals surface area (Å²) in [5.74, 6) is -0.114. The maximum Gasteiger partial charge on any atom is 1.00 e. The molecule has 0 fully saturated rings. The van der Waals surface area contributed by atoms with Gasteiger partial charge in [0, 0.05) is 12.0 Å². The average molecular weight is 167 g/mol. The van der Waals surface area contributed by atoms with Gasteiger partial charge in [-0.15, -0.1) is 0 Å². The van der Waals surface area contributed by atoms with E-state index in [0.29, 0.717) is 12.0 Å². The van der Waals surface area contributed by atoms with Crippen LogP contribution in [0.3, 0.4) is 0 Å². The van der Waals surface area contributed by atoms with Crippen LogP contribution in [-0.4, -0.2) is 11.1 Å². The van der Waals surface area contributed by atoms with Crippen LogP contribution in [0.5, 0.6) is 0 Å². The van der Waals surface area contributed by atoms with Crippen LogP contribution in [0, 0.1) is 0 Å². The Morgan fingerprint density at radius 2 is 2.58 bits per heavy atom. The van der Waals surface area contributed by atoms with Crippen molar-refractivity contribution < 1.29 is 15.7 Å². The van der Waals surface area contributed by atoms with E-state index in [0.717, 1.165) is 5.76 Å². The molecule has 0 atom stereocenters. The predicted molar refractivity (Wildman–Crippen MR) is 44.9 cm³/mol. The van der Waals surface area contributed by atoms with Gasteiger partial charge in [-0.2, -0.15) is 0 Å². The lowest BCUT2D eigenvalue weighted by Crippen LogP contribution is -1.96. The van der Waals surface area contributed by atoms with E-state index < -0.39 is 5.97 Å². The van der Waals surface area contributed by atoms with Crippen molar-refractivity contribution in [1.29, 1.82) is 0 Å². The van der Waals surface area contributed by atoms with Crippen LogP contribution >= 0.6 is 0 Å². The van der Waals surface area contributed by atoms with Crippen molar-refractivity contribution >= 4 is 5.97 Å². The largest absolute Gasteiger partial charge is 1.00 e. The second kappa shape index (κ2) is 3.76. The first kappa shape index (κ1) is 8.59. The van der Waals surface area contributed by atoms with Crippen molar-refractivity contribution in [2.24, 2.45) is 0 Å². The minimum absolute atomic E-state index is 0. The highest BCUT2D eigenvalue weighted by Crippen LogP contribution is 2.03. The summed E-state index contributed by atoms with van der Waals surface area (Å²) in [6.07, 6.45) is 3.73. The van der Waals surface area contributed by atoms with Crippen molar-refractivity contribution in [3.8, 4) is 0 Å². The number of aliphatic carboxylic acids is 1. The standard InChI is InChI=1S/C9H10O3/c1-7(9(10)11)4-5-8-3-2-6-12-8/h2-4,6H,5H2,1H3,(H,10,11)/p+1. The normalized spacial score (nSPS) is 11.6. The van der Waals surface area contributed by atoms with Gasteiger partial charge in [-0.25, -0.2) is 4.79 Å². The molecular weight excluding hydrogens is 156 g/mol. The fraction of sp³-hybridized carbons (Fsp3) is 0.222. The fourth-order valence-corrected chi connectivity index (χ4v) is 0.770. The Labute approximate surface area is 71.8 Å². The summed E-state index contributed by atoms with van der Waals surface area (Å²) in [5.41, 5.74) is 0.339. The molecular formula is C9H11O3+. The summed E-state index contributed by atoms with van der Waals surface area (Å²) in [4.78, 5) is 10.4. The van der Waals surface area contributed by atoms with Gasteiger partial charge in [0.25, 0.3) is 0 Å². The molecule has 3 nitrogen and oxygen atoms in total. The van der Waals surface area contributed by atoms with Crippen molar-refractivity contribution in [3.63, 3.8) is 0 Å². The molecule has 64 valence electrons. The molecule has 1 aromatic rings. The summed E-state index contributed by atoms with van der Waals surface area (Å²) in [6.45, 7) is 1.56. The molecule has 0 aliphatic rings. The van der Waals surface area contributed by atoms with Crippen molar-refractivity contribution in [2.75, 3.05) is 0 Å². The highest BCUT2D eigenvalue weighted by molar-refractivity contribution is 5.85. The molecule has 0 amide bonds. The smallest absolute Gasteiger partial charge is 0.478 e. The summed E-state index contributed by atoms with van der Waals surface area (Å²) < 4.78 is 5.03. The Bertz CT molecular complexity index is 288. The van der Waals surface area contributed by atoms with E-state index in [9.17, 15) is 4.79 Å². The van der Waals surface area contributed by atoms with Crippen LogP contribution in [0.2, 0.25) is 0 Å². The summed E-state index contributed by atoms with van der Waals surface area (Å²) >= 11 is 0. The number of carboxylic acid groups (broad SMARTS) is 1. The zero-order valence-electron chi connectivity index (χ0n) is 7.78. The fourth-order valence-electron chi connectivity index (χ4n) is 0.770. The number of rotatable bonds is 3. The van der Waals surface area contributed by atoms with E-state index in [1.165, 1.54) is 0 Å². The Hall–Kier alpha value is -1.51. The molecule has 1 rings (SSSR count). The highest BCUT2D eigenvalue weighted by Gasteiger charge is 1.99. The van der Waals surface area contributed by atoms with Crippen LogP contribution < -0.4 is 0 Å². The zero-order chi connectivity index (χ0) is 8.97. The number of carbonyl (C=O) groups is 1. The molecule has 0 bridgehead atoms. The van der Waals surface area contributed by atoms with Gasteiger partial charge in [0.05, 0.1) is 6.26 Å². The Balaban J connectivity index is 0.00000144. The first-order valence-corrected chi connectivity index (χ1v) is 3.62. The predicted octanol–water partition coefficient (Wildman–Crippen LogP) is 1.97. The molecule has 12 heavy (non-hydrogen) atoms. The first-order valence-electron chi connectivity index (χ1n) is 3.62. The van der Waals surface area contributed by atoms with Gasteiger partial charge in [-0.1, -0.05) is 6.08 Å². The lowest BCUT2D eigenvalue weighted by molar-refractivity contribution is -0.132. The minimum atomic E-state index is -0.887. The quantitative estimate of drug-likeness (QED) is 0.700. The van der Waals surface area contributed by atoms with Gasteiger partial charge in [0.15, 0.2) is 0 Å². The van der Waals surface area contributed by atoms with Crippen LogP contribution in [0.4, 0.5) is 0 Å². The molecule has 0 aromatic carbocycles. The molecule has 0 saturated heterocycles. The molecule has 3 heteroatoms. The summed E-state index contributed by atoms with van der Waals surface area (Å²) in [5, 5.41) is 8.51. The second-order valence-electron chi connectivity index (χ2n) is 2.48. The van der Waals surface area contributed by atoms with Gasteiger partial charge in [0.2, 0.25) is 0 Å². The van der Waals surface area contributed by atoms with Crippen LogP contribution in [0.15, 0.2) is 34.5 Å². The molecule has 0 unspecified atom stereocenters. The molecule has 0 spiro atoms. The first-order chi connectivity index (χ1) is 5.70. The van der Waals surface area contributed by atoms with Crippen molar-refractivity contribution in [2.45, 2.75) is 13.3 Å². The van der Waals surface area contributed by atoms with Gasteiger partial charge in [-0.05, 0) is 19.1 Å². The number of hydrogen-bond donors (Lipinski definition) is 1. The van der Waals surface area contributed by atoms with Crippen LogP contribution in [-0.2, 0) is 11.2 Å². The molecule has 1 N–H and O–H groups in total. The third-order valence-corrected chi connectivity index (χ3v) is 1.53. The van der Waals surface area contributed by atoms with E-state index >= 15 is 0 Å². The van der Waals surface area contributed by atoms with E-state index in [1.807, 2.05) is 6.07 Å². The summed E-state index contributed by atoms with van der Waals surface area (Å²) in [7, 11) is 0. The van der Waals surface area contributed by atoms with E-state index in [-0.39, 0.29) is 1.43 Å². The average Bonchev–Trinajstić information content (AvgIpc) is 2.51. The van der Waals surface area contributed by atoms with Gasteiger partial charge in [0.1, 0.15) is 5.76 Å².